The van der Waals surface area contributed by atoms with Crippen molar-refractivity contribution < 1.29 is 33.1 Å². The van der Waals surface area contributed by atoms with Gasteiger partial charge in [0, 0.05) is 42.5 Å². The van der Waals surface area contributed by atoms with Gasteiger partial charge in [0.05, 0.1) is 5.56 Å². The highest BCUT2D eigenvalue weighted by molar-refractivity contribution is 6.30. The molecule has 0 radical (unpaired) electrons. The number of carbonyl (C=O) groups is 2. The van der Waals surface area contributed by atoms with Crippen LogP contribution in [0.3, 0.4) is 0 Å². The van der Waals surface area contributed by atoms with Crippen molar-refractivity contribution in [1.29, 1.82) is 0 Å². The molecule has 13 heteroatoms. The first-order valence-corrected chi connectivity index (χ1v) is 13.3. The molecule has 1 aliphatic carbocycles. The maximum Gasteiger partial charge on any atom is 0.490 e. The van der Waals surface area contributed by atoms with E-state index in [9.17, 15) is 18.0 Å². The quantitative estimate of drug-likeness (QED) is 0.225. The number of hydroxylamine groups is 1. The number of nitrogens with one attached hydrogen (secondary N) is 2. The Morgan fingerprint density at radius 2 is 1.51 bits per heavy atom. The van der Waals surface area contributed by atoms with E-state index < -0.39 is 18.1 Å². The molecule has 4 N–H and O–H groups in total. The van der Waals surface area contributed by atoms with Gasteiger partial charge in [-0.1, -0.05) is 48.0 Å². The number of benzene rings is 2. The van der Waals surface area contributed by atoms with Crippen LogP contribution in [0, 0.1) is 5.92 Å². The van der Waals surface area contributed by atoms with Crippen molar-refractivity contribution in [3.63, 3.8) is 0 Å². The fourth-order valence-electron chi connectivity index (χ4n) is 4.68. The van der Waals surface area contributed by atoms with E-state index in [-0.39, 0.29) is 5.56 Å². The Labute approximate surface area is 239 Å². The van der Waals surface area contributed by atoms with Gasteiger partial charge in [0.2, 0.25) is 5.95 Å². The zero-order valence-electron chi connectivity index (χ0n) is 21.8. The number of carboxylic acid groups (broad SMARTS) is 1. The number of carboxylic acids is 1. The molecule has 1 aliphatic heterocycles. The van der Waals surface area contributed by atoms with Gasteiger partial charge in [-0.3, -0.25) is 10.0 Å². The Hall–Kier alpha value is -3.74. The van der Waals surface area contributed by atoms with E-state index in [4.69, 9.17) is 26.7 Å². The lowest BCUT2D eigenvalue weighted by Crippen LogP contribution is -2.38. The number of aliphatic carboxylic acids is 1. The molecular weight excluding hydrogens is 563 g/mol. The molecule has 2 fully saturated rings. The van der Waals surface area contributed by atoms with E-state index >= 15 is 0 Å². The van der Waals surface area contributed by atoms with Gasteiger partial charge in [0.1, 0.15) is 0 Å². The molecule has 1 saturated carbocycles. The standard InChI is InChI=1S/C26H28ClN5O2.C2HF3O2/c27-22-7-5-19(6-8-22)18-1-3-20(4-2-18)23-13-24(23)28-14-17-9-11-32(12-10-17)26-29-15-21(16-30-26)25(33)31-34;3-2(4,5)1(6)7/h1-8,15-17,23-24,28,34H,9-14H2,(H,31,33);(H,6,7). The number of piperidine rings is 1. The molecule has 2 atom stereocenters. The zero-order chi connectivity index (χ0) is 29.6. The predicted molar refractivity (Wildman–Crippen MR) is 146 cm³/mol. The second-order valence-corrected chi connectivity index (χ2v) is 10.4. The highest BCUT2D eigenvalue weighted by Gasteiger charge is 2.39. The molecule has 0 spiro atoms. The molecule has 5 rings (SSSR count). The van der Waals surface area contributed by atoms with Crippen LogP contribution in [-0.2, 0) is 4.79 Å². The Morgan fingerprint density at radius 1 is 0.976 bits per heavy atom. The summed E-state index contributed by atoms with van der Waals surface area (Å²) in [6, 6.07) is 17.4. The third-order valence-electron chi connectivity index (χ3n) is 7.12. The Kier molecular flexibility index (Phi) is 9.79. The van der Waals surface area contributed by atoms with Crippen molar-refractivity contribution in [1.82, 2.24) is 20.8 Å². The van der Waals surface area contributed by atoms with Crippen LogP contribution in [0.4, 0.5) is 19.1 Å². The van der Waals surface area contributed by atoms with E-state index in [1.54, 1.807) is 5.48 Å². The number of halogens is 4. The van der Waals surface area contributed by atoms with Crippen molar-refractivity contribution in [2.75, 3.05) is 24.5 Å². The third-order valence-corrected chi connectivity index (χ3v) is 7.37. The summed E-state index contributed by atoms with van der Waals surface area (Å²) in [6.45, 7) is 2.84. The average Bonchev–Trinajstić information content (AvgIpc) is 3.76. The molecule has 3 aromatic rings. The minimum Gasteiger partial charge on any atom is -0.475 e. The molecule has 2 aromatic carbocycles. The minimum absolute atomic E-state index is 0.240. The Balaban J connectivity index is 0.000000493. The summed E-state index contributed by atoms with van der Waals surface area (Å²) >= 11 is 6.00. The smallest absolute Gasteiger partial charge is 0.475 e. The monoisotopic (exact) mass is 591 g/mol. The number of hydrogen-bond donors (Lipinski definition) is 4. The van der Waals surface area contributed by atoms with E-state index in [2.05, 4.69) is 56.6 Å². The van der Waals surface area contributed by atoms with Gasteiger partial charge in [-0.2, -0.15) is 13.2 Å². The van der Waals surface area contributed by atoms with Crippen molar-refractivity contribution >= 4 is 29.4 Å². The van der Waals surface area contributed by atoms with Crippen molar-refractivity contribution in [3.8, 4) is 11.1 Å². The summed E-state index contributed by atoms with van der Waals surface area (Å²) in [5.41, 5.74) is 5.64. The van der Waals surface area contributed by atoms with Crippen LogP contribution in [-0.4, -0.2) is 64.0 Å². The SMILES string of the molecule is O=C(NO)c1cnc(N2CCC(CNC3CC3c3ccc(-c4ccc(Cl)cc4)cc3)CC2)nc1.O=C(O)C(F)(F)F. The van der Waals surface area contributed by atoms with Gasteiger partial charge < -0.3 is 15.3 Å². The first kappa shape index (κ1) is 30.2. The van der Waals surface area contributed by atoms with Crippen LogP contribution >= 0.6 is 11.6 Å². The molecule has 41 heavy (non-hydrogen) atoms. The van der Waals surface area contributed by atoms with Gasteiger partial charge >= 0.3 is 12.1 Å². The lowest BCUT2D eigenvalue weighted by molar-refractivity contribution is -0.192. The fraction of sp³-hybridized carbons (Fsp3) is 0.357. The predicted octanol–water partition coefficient (Wildman–Crippen LogP) is 4.91. The van der Waals surface area contributed by atoms with Gasteiger partial charge in [-0.05, 0) is 60.5 Å². The summed E-state index contributed by atoms with van der Waals surface area (Å²) in [4.78, 5) is 31.0. The summed E-state index contributed by atoms with van der Waals surface area (Å²) in [5.74, 6) is -1.49. The molecule has 9 nitrogen and oxygen atoms in total. The number of hydrogen-bond acceptors (Lipinski definition) is 7. The molecule has 1 saturated heterocycles. The second-order valence-electron chi connectivity index (χ2n) is 9.93. The molecule has 2 unspecified atom stereocenters. The second kappa shape index (κ2) is 13.3. The summed E-state index contributed by atoms with van der Waals surface area (Å²) in [7, 11) is 0. The Morgan fingerprint density at radius 3 is 2.02 bits per heavy atom. The molecular formula is C28H29ClF3N5O4. The topological polar surface area (TPSA) is 128 Å². The highest BCUT2D eigenvalue weighted by atomic mass is 35.5. The van der Waals surface area contributed by atoms with Crippen LogP contribution in [0.2, 0.25) is 5.02 Å². The summed E-state index contributed by atoms with van der Waals surface area (Å²) in [5, 5.41) is 20.4. The maximum absolute atomic E-state index is 11.4. The first-order chi connectivity index (χ1) is 19.5. The number of amides is 1. The number of alkyl halides is 3. The third kappa shape index (κ3) is 8.38. The number of anilines is 1. The van der Waals surface area contributed by atoms with Crippen LogP contribution in [0.5, 0.6) is 0 Å². The van der Waals surface area contributed by atoms with E-state index in [1.165, 1.54) is 35.5 Å². The minimum atomic E-state index is -5.08. The Bertz CT molecular complexity index is 1320. The zero-order valence-corrected chi connectivity index (χ0v) is 22.6. The van der Waals surface area contributed by atoms with Gasteiger partial charge in [0.25, 0.3) is 5.91 Å². The number of aromatic nitrogens is 2. The van der Waals surface area contributed by atoms with Crippen molar-refractivity contribution in [3.05, 3.63) is 77.1 Å². The van der Waals surface area contributed by atoms with Crippen LogP contribution in [0.1, 0.15) is 41.1 Å². The summed E-state index contributed by atoms with van der Waals surface area (Å²) < 4.78 is 31.7. The van der Waals surface area contributed by atoms with Crippen molar-refractivity contribution in [2.45, 2.75) is 37.4 Å². The molecule has 1 aromatic heterocycles. The highest BCUT2D eigenvalue weighted by Crippen LogP contribution is 2.41. The number of nitrogens with zero attached hydrogens (tertiary/aromatic N) is 3. The van der Waals surface area contributed by atoms with Crippen LogP contribution < -0.4 is 15.7 Å². The van der Waals surface area contributed by atoms with E-state index in [1.807, 2.05) is 12.1 Å². The molecule has 2 heterocycles. The maximum atomic E-state index is 11.4. The number of rotatable bonds is 7. The molecule has 2 aliphatic rings. The molecule has 0 bridgehead atoms. The van der Waals surface area contributed by atoms with Gasteiger partial charge in [-0.25, -0.2) is 20.2 Å². The molecule has 1 amide bonds. The lowest BCUT2D eigenvalue weighted by atomic mass is 9.97. The van der Waals surface area contributed by atoms with Crippen LogP contribution in [0.25, 0.3) is 11.1 Å². The van der Waals surface area contributed by atoms with Gasteiger partial charge in [0.15, 0.2) is 0 Å². The largest absolute Gasteiger partial charge is 0.490 e. The first-order valence-electron chi connectivity index (χ1n) is 13.0. The fourth-order valence-corrected chi connectivity index (χ4v) is 4.80. The average molecular weight is 592 g/mol. The van der Waals surface area contributed by atoms with Gasteiger partial charge in [-0.15, -0.1) is 0 Å². The number of carbonyl (C=O) groups excluding carboxylic acids is 1. The van der Waals surface area contributed by atoms with Crippen LogP contribution in [0.15, 0.2) is 60.9 Å². The lowest BCUT2D eigenvalue weighted by Gasteiger charge is -2.32. The summed E-state index contributed by atoms with van der Waals surface area (Å²) in [6.07, 6.45) is 1.17. The van der Waals surface area contributed by atoms with E-state index in [0.717, 1.165) is 37.5 Å². The molecule has 218 valence electrons. The van der Waals surface area contributed by atoms with Crippen molar-refractivity contribution in [2.24, 2.45) is 5.92 Å². The van der Waals surface area contributed by atoms with E-state index in [0.29, 0.717) is 23.8 Å². The normalized spacial score (nSPS) is 18.7.